The first kappa shape index (κ1) is 59.7. The predicted octanol–water partition coefficient (Wildman–Crippen LogP) is -9.57. The van der Waals surface area contributed by atoms with Crippen LogP contribution in [-0.4, -0.2) is 75.7 Å². The van der Waals surface area contributed by atoms with E-state index in [0.29, 0.717) is 64.6 Å². The number of carboxylic acid groups (broad SMARTS) is 2. The van der Waals surface area contributed by atoms with Crippen molar-refractivity contribution in [2.45, 2.75) is 22.5 Å². The number of carbonyl (C=O) groups is 2. The van der Waals surface area contributed by atoms with Crippen LogP contribution in [0.25, 0.3) is 11.4 Å². The van der Waals surface area contributed by atoms with Gasteiger partial charge in [0.05, 0.1) is 11.4 Å². The van der Waals surface area contributed by atoms with Crippen LogP contribution >= 0.6 is 46.2 Å². The van der Waals surface area contributed by atoms with Gasteiger partial charge in [0.15, 0.2) is 8.68 Å². The quantitative estimate of drug-likeness (QED) is 0.0357. The van der Waals surface area contributed by atoms with Gasteiger partial charge in [-0.2, -0.15) is 65.8 Å². The van der Waals surface area contributed by atoms with Gasteiger partial charge in [-0.3, -0.25) is 9.36 Å². The maximum atomic E-state index is 11.2. The van der Waals surface area contributed by atoms with Crippen molar-refractivity contribution >= 4 is 104 Å². The molecule has 0 aliphatic carbocycles. The van der Waals surface area contributed by atoms with Crippen molar-refractivity contribution < 1.29 is 245 Å². The molecule has 2 aromatic carbocycles. The van der Waals surface area contributed by atoms with E-state index in [9.17, 15) is 19.8 Å². The monoisotopic (exact) mass is 988 g/mol. The van der Waals surface area contributed by atoms with E-state index >= 15 is 0 Å². The van der Waals surface area contributed by atoms with E-state index in [1.807, 2.05) is 0 Å². The Hall–Kier alpha value is -0.275. The summed E-state index contributed by atoms with van der Waals surface area (Å²) in [5.41, 5.74) is 14.7. The van der Waals surface area contributed by atoms with Crippen LogP contribution in [-0.2, 0) is 19.2 Å². The number of aryl methyl sites for hydroxylation is 2. The van der Waals surface area contributed by atoms with Crippen molar-refractivity contribution in [3.8, 4) is 11.4 Å². The second-order valence-corrected chi connectivity index (χ2v) is 14.6. The second-order valence-electron chi connectivity index (χ2n) is 9.96. The average molecular weight is 989 g/mol. The number of nitrogens with two attached hydrogens (primary N) is 2. The number of benzene rings is 2. The fraction of sp³-hybridized carbons (Fsp3) is 0.133. The topological polar surface area (TPSA) is 337 Å². The summed E-state index contributed by atoms with van der Waals surface area (Å²) in [4.78, 5) is 54.9. The van der Waals surface area contributed by atoms with Gasteiger partial charge >= 0.3 is 218 Å². The Morgan fingerprint density at radius 3 is 1.35 bits per heavy atom. The Bertz CT molecular complexity index is 2330. The molecule has 22 nitrogen and oxygen atoms in total. The first-order valence-electron chi connectivity index (χ1n) is 14.8. The van der Waals surface area contributed by atoms with E-state index in [2.05, 4.69) is 63.2 Å². The van der Waals surface area contributed by atoms with Crippen LogP contribution < -0.4 is 227 Å². The Kier molecular flexibility index (Phi) is 30.6. The molecule has 0 saturated heterocycles. The number of nitrogen functional groups attached to an aromatic ring is 2. The SMILES string of the molecule is Cc1nn(-c2c[c-]cc(C(=O)[O-])c2)c(N)c1N=Nc1nnc(SCCSc2nnc(N=Nc3c(C)nn(-c4c[c-]cc(C(=O)[O-])c4)c3N)s2)s1.O=C=O.O=C=O.[K+].[K+].[K+].[K+]. The first-order valence-corrected chi connectivity index (χ1v) is 18.4. The van der Waals surface area contributed by atoms with Gasteiger partial charge in [-0.25, -0.2) is 0 Å². The summed E-state index contributed by atoms with van der Waals surface area (Å²) < 4.78 is 4.09. The van der Waals surface area contributed by atoms with Crippen LogP contribution in [0.3, 0.4) is 0 Å². The van der Waals surface area contributed by atoms with Gasteiger partial charge in [-0.1, -0.05) is 46.2 Å². The molecule has 4 heterocycles. The molecule has 0 bridgehead atoms. The van der Waals surface area contributed by atoms with Crippen LogP contribution in [0, 0.1) is 26.0 Å². The maximum absolute atomic E-state index is 11.2. The molecule has 0 atom stereocenters. The molecule has 0 amide bonds. The molecular weight excluding hydrogens is 969 g/mol. The third-order valence-electron chi connectivity index (χ3n) is 6.43. The number of hydrogen-bond acceptors (Lipinski definition) is 24. The van der Waals surface area contributed by atoms with Gasteiger partial charge < -0.3 is 31.3 Å². The van der Waals surface area contributed by atoms with Gasteiger partial charge in [-0.05, 0) is 25.2 Å². The number of aromatic carboxylic acids is 2. The number of azo groups is 2. The van der Waals surface area contributed by atoms with Gasteiger partial charge in [-0.15, -0.1) is 64.1 Å². The van der Waals surface area contributed by atoms with Gasteiger partial charge in [0.25, 0.3) is 10.3 Å². The molecule has 60 heavy (non-hydrogen) atoms. The van der Waals surface area contributed by atoms with Crippen molar-refractivity contribution in [1.29, 1.82) is 0 Å². The summed E-state index contributed by atoms with van der Waals surface area (Å²) in [5, 5.41) is 64.9. The van der Waals surface area contributed by atoms with Crippen molar-refractivity contribution in [3.05, 3.63) is 71.0 Å². The van der Waals surface area contributed by atoms with Crippen LogP contribution in [0.1, 0.15) is 32.1 Å². The molecule has 30 heteroatoms. The Morgan fingerprint density at radius 1 is 0.667 bits per heavy atom. The second kappa shape index (κ2) is 30.8. The number of carboxylic acids is 2. The fourth-order valence-electron chi connectivity index (χ4n) is 4.16. The predicted molar refractivity (Wildman–Crippen MR) is 191 cm³/mol. The van der Waals surface area contributed by atoms with E-state index in [4.69, 9.17) is 30.6 Å². The summed E-state index contributed by atoms with van der Waals surface area (Å²) >= 11 is 5.50. The number of aromatic nitrogens is 8. The number of thioether (sulfide) groups is 2. The van der Waals surface area contributed by atoms with Crippen LogP contribution in [0.4, 0.5) is 33.3 Å². The van der Waals surface area contributed by atoms with E-state index in [1.54, 1.807) is 26.0 Å². The van der Waals surface area contributed by atoms with Gasteiger partial charge in [0, 0.05) is 23.4 Å². The van der Waals surface area contributed by atoms with Crippen LogP contribution in [0.2, 0.25) is 0 Å². The minimum atomic E-state index is -1.34. The van der Waals surface area contributed by atoms with Gasteiger partial charge in [0.1, 0.15) is 23.0 Å². The summed E-state index contributed by atoms with van der Waals surface area (Å²) in [6.07, 6.45) is 0.500. The molecule has 6 aromatic rings. The Labute approximate surface area is 525 Å². The van der Waals surface area contributed by atoms with Crippen LogP contribution in [0.15, 0.2) is 65.5 Å². The Morgan fingerprint density at radius 2 is 1.02 bits per heavy atom. The molecule has 4 aromatic heterocycles. The molecule has 0 radical (unpaired) electrons. The molecule has 4 N–H and O–H groups in total. The zero-order valence-electron chi connectivity index (χ0n) is 32.3. The molecule has 0 aliphatic heterocycles. The molecular formula is C30H20K4N14O8S4. The summed E-state index contributed by atoms with van der Waals surface area (Å²) in [6.45, 7) is 3.40. The third kappa shape index (κ3) is 17.6. The molecule has 0 fully saturated rings. The largest absolute Gasteiger partial charge is 1.00 e. The van der Waals surface area contributed by atoms with Crippen molar-refractivity contribution in [2.75, 3.05) is 23.0 Å². The van der Waals surface area contributed by atoms with Crippen molar-refractivity contribution in [3.63, 3.8) is 0 Å². The first-order chi connectivity index (χ1) is 26.9. The van der Waals surface area contributed by atoms with E-state index in [1.165, 1.54) is 79.8 Å². The molecule has 0 spiro atoms. The minimum absolute atomic E-state index is 0. The zero-order valence-corrected chi connectivity index (χ0v) is 48.1. The molecule has 6 rings (SSSR count). The molecule has 0 unspecified atom stereocenters. The third-order valence-corrected chi connectivity index (χ3v) is 10.6. The van der Waals surface area contributed by atoms with E-state index < -0.39 is 11.9 Å². The summed E-state index contributed by atoms with van der Waals surface area (Å²) in [5.74, 6) is -0.957. The standard InChI is InChI=1S/C28H22N14O4S4.2CO2.4K/c1-13-19(21(29)41(39-13)17-7-3-5-15(11-17)23(43)44)31-33-25-35-37-27(49-25)47-9-10-48-28-38-36-26(50-28)34-32-20-14(2)40-42(22(20)30)18-8-4-6-16(12-18)24(45)46;2*2-1-3;;;;/h5-8,11-12H,9-10,29-30H2,1-2H3,(H,43,44)(H,45,46);;;;;;/q-2;;;4*+1/p-2. The number of anilines is 2. The summed E-state index contributed by atoms with van der Waals surface area (Å²) in [7, 11) is 0. The Balaban J connectivity index is 0.00000329. The fourth-order valence-corrected chi connectivity index (χ4v) is 7.59. The number of rotatable bonds is 13. The average Bonchev–Trinajstić information content (AvgIpc) is 3.96. The van der Waals surface area contributed by atoms with Gasteiger partial charge in [0.2, 0.25) is 0 Å². The zero-order chi connectivity index (χ0) is 40.8. The normalized spacial score (nSPS) is 9.97. The molecule has 286 valence electrons. The number of hydrogen-bond donors (Lipinski definition) is 2. The van der Waals surface area contributed by atoms with Crippen molar-refractivity contribution in [1.82, 2.24) is 40.0 Å². The van der Waals surface area contributed by atoms with E-state index in [-0.39, 0.29) is 241 Å². The summed E-state index contributed by atoms with van der Waals surface area (Å²) in [6, 6.07) is 13.9. The maximum Gasteiger partial charge on any atom is 1.00 e. The molecule has 0 saturated carbocycles. The number of nitrogens with zero attached hydrogens (tertiary/aromatic N) is 12. The van der Waals surface area contributed by atoms with Crippen molar-refractivity contribution in [2.24, 2.45) is 20.5 Å². The number of carbonyl (C=O) groups excluding carboxylic acids is 6. The smallest absolute Gasteiger partial charge is 0.559 e. The minimum Gasteiger partial charge on any atom is -0.559 e. The van der Waals surface area contributed by atoms with E-state index in [0.717, 1.165) is 0 Å². The molecule has 0 aliphatic rings. The van der Waals surface area contributed by atoms with Crippen LogP contribution in [0.5, 0.6) is 0 Å².